The fraction of sp³-hybridized carbons (Fsp3) is 0.577. The summed E-state index contributed by atoms with van der Waals surface area (Å²) in [5.74, 6) is 1.93. The molecule has 5 rings (SSSR count). The number of carbonyl (C=O) groups excluding carboxylic acids is 1. The van der Waals surface area contributed by atoms with Crippen LogP contribution in [0.3, 0.4) is 0 Å². The SMILES string of the molecule is COCC(=O)NCC1(c2ccccc2)CCN(c2nc3c(c(NC4CCOCC4)n2)[S+]([O-])CC3)CC1. The number of amides is 1. The number of aromatic nitrogens is 2. The van der Waals surface area contributed by atoms with Gasteiger partial charge in [-0.2, -0.15) is 4.98 Å². The number of rotatable bonds is 8. The maximum absolute atomic E-state index is 12.7. The Bertz CT molecular complexity index is 1040. The van der Waals surface area contributed by atoms with Gasteiger partial charge in [0.2, 0.25) is 16.8 Å². The van der Waals surface area contributed by atoms with Gasteiger partial charge in [-0.15, -0.1) is 0 Å². The number of nitrogens with zero attached hydrogens (tertiary/aromatic N) is 3. The van der Waals surface area contributed by atoms with E-state index in [4.69, 9.17) is 19.4 Å². The van der Waals surface area contributed by atoms with Crippen LogP contribution in [0.1, 0.15) is 36.9 Å². The van der Waals surface area contributed by atoms with E-state index in [-0.39, 0.29) is 24.0 Å². The molecule has 10 heteroatoms. The minimum Gasteiger partial charge on any atom is -0.611 e. The van der Waals surface area contributed by atoms with Crippen LogP contribution < -0.4 is 15.5 Å². The van der Waals surface area contributed by atoms with Crippen LogP contribution in [0.15, 0.2) is 35.2 Å². The van der Waals surface area contributed by atoms with Crippen molar-refractivity contribution in [2.24, 2.45) is 0 Å². The lowest BCUT2D eigenvalue weighted by Gasteiger charge is -2.42. The molecule has 1 atom stereocenters. The minimum absolute atomic E-state index is 0.0597. The van der Waals surface area contributed by atoms with Crippen molar-refractivity contribution in [1.29, 1.82) is 0 Å². The molecule has 1 unspecified atom stereocenters. The van der Waals surface area contributed by atoms with Crippen LogP contribution in [0.25, 0.3) is 0 Å². The molecule has 2 saturated heterocycles. The summed E-state index contributed by atoms with van der Waals surface area (Å²) in [5.41, 5.74) is 1.97. The number of nitrogens with one attached hydrogen (secondary N) is 2. The summed E-state index contributed by atoms with van der Waals surface area (Å²) in [6.45, 7) is 3.63. The number of carbonyl (C=O) groups is 1. The second-order valence-electron chi connectivity index (χ2n) is 9.82. The fourth-order valence-corrected chi connectivity index (χ4v) is 6.72. The maximum Gasteiger partial charge on any atom is 0.246 e. The number of aryl methyl sites for hydroxylation is 1. The van der Waals surface area contributed by atoms with E-state index < -0.39 is 11.2 Å². The highest BCUT2D eigenvalue weighted by molar-refractivity contribution is 7.91. The Labute approximate surface area is 215 Å². The van der Waals surface area contributed by atoms with Crippen molar-refractivity contribution in [3.8, 4) is 0 Å². The Morgan fingerprint density at radius 1 is 1.22 bits per heavy atom. The van der Waals surface area contributed by atoms with Crippen LogP contribution in [0.2, 0.25) is 0 Å². The normalized spacial score (nSPS) is 21.7. The van der Waals surface area contributed by atoms with Gasteiger partial charge in [-0.25, -0.2) is 4.98 Å². The number of hydrogen-bond acceptors (Lipinski definition) is 8. The number of benzene rings is 1. The van der Waals surface area contributed by atoms with Gasteiger partial charge in [0.05, 0.1) is 0 Å². The zero-order valence-electron chi connectivity index (χ0n) is 20.8. The predicted octanol–water partition coefficient (Wildman–Crippen LogP) is 2.03. The van der Waals surface area contributed by atoms with Crippen LogP contribution >= 0.6 is 0 Å². The van der Waals surface area contributed by atoms with E-state index in [9.17, 15) is 9.35 Å². The molecule has 0 aliphatic carbocycles. The van der Waals surface area contributed by atoms with Crippen molar-refractivity contribution in [1.82, 2.24) is 15.3 Å². The zero-order chi connectivity index (χ0) is 25.0. The van der Waals surface area contributed by atoms with Crippen LogP contribution in [-0.2, 0) is 37.3 Å². The van der Waals surface area contributed by atoms with E-state index in [1.165, 1.54) is 12.7 Å². The van der Waals surface area contributed by atoms with Gasteiger partial charge >= 0.3 is 0 Å². The Morgan fingerprint density at radius 2 is 1.97 bits per heavy atom. The van der Waals surface area contributed by atoms with Gasteiger partial charge in [0.25, 0.3) is 0 Å². The van der Waals surface area contributed by atoms with E-state index in [2.05, 4.69) is 39.8 Å². The average molecular weight is 514 g/mol. The van der Waals surface area contributed by atoms with Crippen LogP contribution in [0.5, 0.6) is 0 Å². The Kier molecular flexibility index (Phi) is 7.95. The minimum atomic E-state index is -1.06. The highest BCUT2D eigenvalue weighted by atomic mass is 32.2. The lowest BCUT2D eigenvalue weighted by molar-refractivity contribution is -0.125. The third-order valence-electron chi connectivity index (χ3n) is 7.53. The molecule has 3 aliphatic heterocycles. The first-order chi connectivity index (χ1) is 17.6. The standard InChI is InChI=1S/C26H35N5O4S/c1-34-17-22(32)27-18-26(19-5-3-2-4-6-19)10-12-31(13-11-26)25-29-21-9-16-36(33)23(21)24(30-25)28-20-7-14-35-15-8-20/h2-6,20H,7-18H2,1H3,(H,27,32)(H,28,29,30). The monoisotopic (exact) mass is 513 g/mol. The third-order valence-corrected chi connectivity index (χ3v) is 8.99. The van der Waals surface area contributed by atoms with Gasteiger partial charge < -0.3 is 29.6 Å². The van der Waals surface area contributed by atoms with Crippen molar-refractivity contribution in [3.05, 3.63) is 41.6 Å². The van der Waals surface area contributed by atoms with Gasteiger partial charge in [-0.1, -0.05) is 30.3 Å². The largest absolute Gasteiger partial charge is 0.611 e. The molecule has 1 aromatic heterocycles. The quantitative estimate of drug-likeness (QED) is 0.516. The van der Waals surface area contributed by atoms with Crippen LogP contribution in [-0.4, -0.2) is 78.8 Å². The number of hydrogen-bond donors (Lipinski definition) is 2. The van der Waals surface area contributed by atoms with Crippen LogP contribution in [0, 0.1) is 0 Å². The maximum atomic E-state index is 12.7. The Hall–Kier alpha value is -2.40. The van der Waals surface area contributed by atoms with Gasteiger partial charge in [-0.05, 0) is 42.4 Å². The molecule has 0 spiro atoms. The zero-order valence-corrected chi connectivity index (χ0v) is 21.6. The first-order valence-electron chi connectivity index (χ1n) is 12.8. The van der Waals surface area contributed by atoms with Crippen molar-refractivity contribution >= 4 is 28.8 Å². The Morgan fingerprint density at radius 3 is 2.69 bits per heavy atom. The number of methoxy groups -OCH3 is 1. The topological polar surface area (TPSA) is 112 Å². The Balaban J connectivity index is 1.35. The first kappa shape index (κ1) is 25.3. The van der Waals surface area contributed by atoms with Gasteiger partial charge in [0.1, 0.15) is 18.1 Å². The second-order valence-corrected chi connectivity index (χ2v) is 11.3. The summed E-state index contributed by atoms with van der Waals surface area (Å²) in [6.07, 6.45) is 4.27. The van der Waals surface area contributed by atoms with Crippen molar-refractivity contribution in [2.45, 2.75) is 48.5 Å². The summed E-state index contributed by atoms with van der Waals surface area (Å²) in [6, 6.07) is 10.7. The molecule has 0 bridgehead atoms. The molecule has 0 radical (unpaired) electrons. The van der Waals surface area contributed by atoms with E-state index in [0.717, 1.165) is 68.4 Å². The summed E-state index contributed by atoms with van der Waals surface area (Å²) in [7, 11) is 1.53. The fourth-order valence-electron chi connectivity index (χ4n) is 5.40. The van der Waals surface area contributed by atoms with Crippen molar-refractivity contribution < 1.29 is 18.8 Å². The second kappa shape index (κ2) is 11.3. The lowest BCUT2D eigenvalue weighted by Crippen LogP contribution is -2.50. The summed E-state index contributed by atoms with van der Waals surface area (Å²) < 4.78 is 23.2. The number of ether oxygens (including phenoxy) is 2. The summed E-state index contributed by atoms with van der Waals surface area (Å²) in [5, 5.41) is 6.64. The highest BCUT2D eigenvalue weighted by Crippen LogP contribution is 2.38. The molecular formula is C26H35N5O4S. The predicted molar refractivity (Wildman–Crippen MR) is 139 cm³/mol. The van der Waals surface area contributed by atoms with Gasteiger partial charge in [-0.3, -0.25) is 4.79 Å². The first-order valence-corrected chi connectivity index (χ1v) is 14.1. The van der Waals surface area contributed by atoms with Crippen molar-refractivity contribution in [3.63, 3.8) is 0 Å². The van der Waals surface area contributed by atoms with E-state index in [1.807, 2.05) is 6.07 Å². The molecule has 2 aromatic rings. The summed E-state index contributed by atoms with van der Waals surface area (Å²) >= 11 is -1.06. The van der Waals surface area contributed by atoms with Gasteiger partial charge in [0, 0.05) is 57.8 Å². The van der Waals surface area contributed by atoms with E-state index in [0.29, 0.717) is 24.7 Å². The molecule has 36 heavy (non-hydrogen) atoms. The molecule has 194 valence electrons. The molecule has 1 amide bonds. The lowest BCUT2D eigenvalue weighted by atomic mass is 9.72. The molecule has 0 saturated carbocycles. The van der Waals surface area contributed by atoms with Crippen LogP contribution in [0.4, 0.5) is 11.8 Å². The third kappa shape index (κ3) is 5.46. The number of piperidine rings is 1. The number of fused-ring (bicyclic) bond motifs is 1. The smallest absolute Gasteiger partial charge is 0.246 e. The molecule has 2 fully saturated rings. The molecule has 2 N–H and O–H groups in total. The van der Waals surface area contributed by atoms with E-state index >= 15 is 0 Å². The number of anilines is 2. The molecule has 1 aromatic carbocycles. The molecular weight excluding hydrogens is 478 g/mol. The molecule has 4 heterocycles. The van der Waals surface area contributed by atoms with Gasteiger partial charge in [0.15, 0.2) is 5.82 Å². The summed E-state index contributed by atoms with van der Waals surface area (Å²) in [4.78, 5) is 25.0. The average Bonchev–Trinajstić information content (AvgIpc) is 3.30. The molecule has 3 aliphatic rings. The van der Waals surface area contributed by atoms with E-state index in [1.54, 1.807) is 0 Å². The molecule has 9 nitrogen and oxygen atoms in total. The van der Waals surface area contributed by atoms with Crippen molar-refractivity contribution in [2.75, 3.05) is 62.5 Å². The highest BCUT2D eigenvalue weighted by Gasteiger charge is 2.39.